The van der Waals surface area contributed by atoms with Crippen molar-refractivity contribution in [3.8, 4) is 5.75 Å². The van der Waals surface area contributed by atoms with Crippen molar-refractivity contribution in [3.63, 3.8) is 0 Å². The summed E-state index contributed by atoms with van der Waals surface area (Å²) in [6.07, 6.45) is 0.219. The van der Waals surface area contributed by atoms with E-state index in [1.807, 2.05) is 30.3 Å². The van der Waals surface area contributed by atoms with Crippen LogP contribution in [0.25, 0.3) is 0 Å². The Hall–Kier alpha value is -3.06. The Morgan fingerprint density at radius 2 is 1.77 bits per heavy atom. The third kappa shape index (κ3) is 5.73. The predicted octanol–water partition coefficient (Wildman–Crippen LogP) is 3.67. The van der Waals surface area contributed by atoms with Gasteiger partial charge in [0.1, 0.15) is 19.0 Å². The van der Waals surface area contributed by atoms with Crippen LogP contribution < -0.4 is 4.74 Å². The van der Waals surface area contributed by atoms with Crippen molar-refractivity contribution in [1.29, 1.82) is 0 Å². The van der Waals surface area contributed by atoms with Crippen LogP contribution in [-0.4, -0.2) is 56.0 Å². The Labute approximate surface area is 176 Å². The standard InChI is InChI=1S/C23H27NO6/c1-3-28-22(25)18-9-11-20(12-10-18)29-16-19-13-21(27-2)14-24(19)23(26)30-15-17-7-5-4-6-8-17/h4-12,19,21H,3,13-16H2,1-2H3/t19-,21-/m0/s1. The Bertz CT molecular complexity index is 823. The van der Waals surface area contributed by atoms with Crippen molar-refractivity contribution < 1.29 is 28.5 Å². The van der Waals surface area contributed by atoms with Gasteiger partial charge in [-0.15, -0.1) is 0 Å². The molecule has 2 atom stereocenters. The van der Waals surface area contributed by atoms with Gasteiger partial charge in [-0.25, -0.2) is 9.59 Å². The smallest absolute Gasteiger partial charge is 0.410 e. The van der Waals surface area contributed by atoms with E-state index in [2.05, 4.69) is 0 Å². The molecule has 0 aliphatic carbocycles. The molecular formula is C23H27NO6. The van der Waals surface area contributed by atoms with Crippen LogP contribution in [0.2, 0.25) is 0 Å². The van der Waals surface area contributed by atoms with E-state index in [9.17, 15) is 9.59 Å². The highest BCUT2D eigenvalue weighted by atomic mass is 16.6. The lowest BCUT2D eigenvalue weighted by molar-refractivity contribution is 0.0526. The van der Waals surface area contributed by atoms with E-state index in [0.717, 1.165) is 5.56 Å². The first-order valence-corrected chi connectivity index (χ1v) is 10.0. The Kier molecular flexibility index (Phi) is 7.68. The number of likely N-dealkylation sites (tertiary alicyclic amines) is 1. The summed E-state index contributed by atoms with van der Waals surface area (Å²) in [6, 6.07) is 16.1. The molecular weight excluding hydrogens is 386 g/mol. The van der Waals surface area contributed by atoms with Gasteiger partial charge in [0.25, 0.3) is 0 Å². The molecule has 0 saturated carbocycles. The van der Waals surface area contributed by atoms with Crippen molar-refractivity contribution in [2.24, 2.45) is 0 Å². The number of amides is 1. The van der Waals surface area contributed by atoms with Crippen LogP contribution in [-0.2, 0) is 20.8 Å². The number of hydrogen-bond donors (Lipinski definition) is 0. The van der Waals surface area contributed by atoms with Gasteiger partial charge >= 0.3 is 12.1 Å². The van der Waals surface area contributed by atoms with Crippen LogP contribution in [0.5, 0.6) is 5.75 Å². The average Bonchev–Trinajstić information content (AvgIpc) is 3.21. The van der Waals surface area contributed by atoms with Crippen LogP contribution in [0.15, 0.2) is 54.6 Å². The Morgan fingerprint density at radius 1 is 1.03 bits per heavy atom. The SMILES string of the molecule is CCOC(=O)c1ccc(OC[C@@H]2C[C@H](OC)CN2C(=O)OCc2ccccc2)cc1. The minimum atomic E-state index is -0.385. The lowest BCUT2D eigenvalue weighted by Crippen LogP contribution is -2.39. The van der Waals surface area contributed by atoms with E-state index < -0.39 is 0 Å². The van der Waals surface area contributed by atoms with Gasteiger partial charge in [-0.05, 0) is 43.2 Å². The number of hydrogen-bond acceptors (Lipinski definition) is 6. The molecule has 1 aliphatic rings. The molecule has 1 heterocycles. The Balaban J connectivity index is 1.56. The molecule has 0 radical (unpaired) electrons. The highest BCUT2D eigenvalue weighted by Gasteiger charge is 2.36. The lowest BCUT2D eigenvalue weighted by Gasteiger charge is -2.24. The van der Waals surface area contributed by atoms with Crippen molar-refractivity contribution in [2.75, 3.05) is 26.9 Å². The molecule has 7 heteroatoms. The number of carbonyl (C=O) groups is 2. The van der Waals surface area contributed by atoms with E-state index in [0.29, 0.717) is 37.5 Å². The highest BCUT2D eigenvalue weighted by Crippen LogP contribution is 2.23. The Morgan fingerprint density at radius 3 is 2.43 bits per heavy atom. The first-order valence-electron chi connectivity index (χ1n) is 10.0. The third-order valence-electron chi connectivity index (χ3n) is 4.96. The van der Waals surface area contributed by atoms with Gasteiger partial charge in [-0.2, -0.15) is 0 Å². The molecule has 7 nitrogen and oxygen atoms in total. The van der Waals surface area contributed by atoms with E-state index in [4.69, 9.17) is 18.9 Å². The normalized spacial score (nSPS) is 18.1. The minimum absolute atomic E-state index is 0.0611. The quantitative estimate of drug-likeness (QED) is 0.615. The molecule has 1 fully saturated rings. The van der Waals surface area contributed by atoms with Crippen LogP contribution in [0, 0.1) is 0 Å². The zero-order valence-corrected chi connectivity index (χ0v) is 17.3. The van der Waals surface area contributed by atoms with Gasteiger partial charge in [0.05, 0.1) is 30.9 Å². The first-order chi connectivity index (χ1) is 14.6. The van der Waals surface area contributed by atoms with Crippen molar-refractivity contribution in [2.45, 2.75) is 32.1 Å². The predicted molar refractivity (Wildman–Crippen MR) is 110 cm³/mol. The van der Waals surface area contributed by atoms with Gasteiger partial charge in [-0.3, -0.25) is 4.90 Å². The molecule has 0 aromatic heterocycles. The van der Waals surface area contributed by atoms with E-state index in [1.165, 1.54) is 0 Å². The molecule has 30 heavy (non-hydrogen) atoms. The molecule has 0 unspecified atom stereocenters. The summed E-state index contributed by atoms with van der Waals surface area (Å²) >= 11 is 0. The van der Waals surface area contributed by atoms with E-state index in [-0.39, 0.29) is 30.8 Å². The number of methoxy groups -OCH3 is 1. The zero-order valence-electron chi connectivity index (χ0n) is 17.3. The van der Waals surface area contributed by atoms with Crippen molar-refractivity contribution >= 4 is 12.1 Å². The first kappa shape index (κ1) is 21.6. The molecule has 0 spiro atoms. The molecule has 1 saturated heterocycles. The largest absolute Gasteiger partial charge is 0.491 e. The lowest BCUT2D eigenvalue weighted by atomic mass is 10.2. The number of benzene rings is 2. The molecule has 160 valence electrons. The van der Waals surface area contributed by atoms with Crippen LogP contribution in [0.4, 0.5) is 4.79 Å². The fourth-order valence-electron chi connectivity index (χ4n) is 3.32. The van der Waals surface area contributed by atoms with Crippen LogP contribution >= 0.6 is 0 Å². The second-order valence-corrected chi connectivity index (χ2v) is 7.00. The summed E-state index contributed by atoms with van der Waals surface area (Å²) in [4.78, 5) is 26.0. The second kappa shape index (κ2) is 10.6. The maximum Gasteiger partial charge on any atom is 0.410 e. The fraction of sp³-hybridized carbons (Fsp3) is 0.391. The number of ether oxygens (including phenoxy) is 4. The summed E-state index contributed by atoms with van der Waals surface area (Å²) in [5.41, 5.74) is 1.40. The minimum Gasteiger partial charge on any atom is -0.491 e. The van der Waals surface area contributed by atoms with Gasteiger partial charge in [0.15, 0.2) is 0 Å². The molecule has 1 aliphatic heterocycles. The average molecular weight is 413 g/mol. The molecule has 1 amide bonds. The second-order valence-electron chi connectivity index (χ2n) is 7.00. The summed E-state index contributed by atoms with van der Waals surface area (Å²) in [6.45, 7) is 3.08. The summed E-state index contributed by atoms with van der Waals surface area (Å²) < 4.78 is 21.8. The number of carbonyl (C=O) groups excluding carboxylic acids is 2. The number of nitrogens with zero attached hydrogens (tertiary/aromatic N) is 1. The van der Waals surface area contributed by atoms with Crippen LogP contribution in [0.3, 0.4) is 0 Å². The molecule has 3 rings (SSSR count). The summed E-state index contributed by atoms with van der Waals surface area (Å²) in [5, 5.41) is 0. The van der Waals surface area contributed by atoms with Gasteiger partial charge in [0, 0.05) is 7.11 Å². The van der Waals surface area contributed by atoms with Crippen molar-refractivity contribution in [1.82, 2.24) is 4.90 Å². The van der Waals surface area contributed by atoms with Crippen molar-refractivity contribution in [3.05, 3.63) is 65.7 Å². The molecule has 2 aromatic carbocycles. The van der Waals surface area contributed by atoms with Crippen LogP contribution in [0.1, 0.15) is 29.3 Å². The maximum atomic E-state index is 12.6. The highest BCUT2D eigenvalue weighted by molar-refractivity contribution is 5.89. The molecule has 0 N–H and O–H groups in total. The monoisotopic (exact) mass is 413 g/mol. The van der Waals surface area contributed by atoms with Gasteiger partial charge in [-0.1, -0.05) is 30.3 Å². The molecule has 2 aromatic rings. The number of rotatable bonds is 8. The van der Waals surface area contributed by atoms with Gasteiger partial charge in [0.2, 0.25) is 0 Å². The third-order valence-corrected chi connectivity index (χ3v) is 4.96. The topological polar surface area (TPSA) is 74.3 Å². The summed E-state index contributed by atoms with van der Waals surface area (Å²) in [5.74, 6) is 0.247. The van der Waals surface area contributed by atoms with E-state index >= 15 is 0 Å². The zero-order chi connectivity index (χ0) is 21.3. The van der Waals surface area contributed by atoms with Gasteiger partial charge < -0.3 is 18.9 Å². The molecule has 0 bridgehead atoms. The van der Waals surface area contributed by atoms with E-state index in [1.54, 1.807) is 43.2 Å². The maximum absolute atomic E-state index is 12.6. The summed E-state index contributed by atoms with van der Waals surface area (Å²) in [7, 11) is 1.63. The fourth-order valence-corrected chi connectivity index (χ4v) is 3.32. The number of esters is 1.